The number of nitrogens with zero attached hydrogens (tertiary/aromatic N) is 1. The number of amides is 1. The van der Waals surface area contributed by atoms with Crippen molar-refractivity contribution in [1.29, 1.82) is 0 Å². The van der Waals surface area contributed by atoms with Crippen LogP contribution in [0.5, 0.6) is 11.5 Å². The molecule has 0 spiro atoms. The van der Waals surface area contributed by atoms with Crippen molar-refractivity contribution in [2.24, 2.45) is 0 Å². The molecule has 2 aromatic carbocycles. The van der Waals surface area contributed by atoms with E-state index in [2.05, 4.69) is 18.3 Å². The molecule has 5 heteroatoms. The van der Waals surface area contributed by atoms with Gasteiger partial charge in [-0.2, -0.15) is 0 Å². The molecule has 1 amide bonds. The van der Waals surface area contributed by atoms with Gasteiger partial charge in [-0.3, -0.25) is 4.79 Å². The Morgan fingerprint density at radius 2 is 1.53 bits per heavy atom. The number of likely N-dealkylation sites (tertiary alicyclic amines) is 1. The van der Waals surface area contributed by atoms with Gasteiger partial charge in [0.2, 0.25) is 5.91 Å². The van der Waals surface area contributed by atoms with E-state index in [1.54, 1.807) is 5.57 Å². The molecule has 1 aliphatic carbocycles. The van der Waals surface area contributed by atoms with Gasteiger partial charge in [0.05, 0.1) is 25.6 Å². The molecule has 2 aromatic rings. The number of para-hydroxylation sites is 2. The second-order valence-corrected chi connectivity index (χ2v) is 10.8. The van der Waals surface area contributed by atoms with Crippen molar-refractivity contribution in [2.45, 2.75) is 76.7 Å². The molecule has 0 bridgehead atoms. The molecule has 2 heterocycles. The third kappa shape index (κ3) is 6.16. The van der Waals surface area contributed by atoms with Gasteiger partial charge in [0, 0.05) is 30.0 Å². The zero-order valence-corrected chi connectivity index (χ0v) is 23.8. The number of hydrogen-bond acceptors (Lipinski definition) is 2. The largest absolute Gasteiger partial charge is 1.00 e. The average Bonchev–Trinajstić information content (AvgIpc) is 3.02. The number of nitrogens with one attached hydrogen (secondary N) is 1. The Labute approximate surface area is 234 Å². The molecule has 5 rings (SSSR count). The minimum absolute atomic E-state index is 0. The summed E-state index contributed by atoms with van der Waals surface area (Å²) in [5.41, 5.74) is 3.61. The SMILES string of the molecule is CC[N@+]1(C/C2=C/CCCCCCC2)CC[C@@H](NC(=O)C2c3ccccc3Oc3ccccc32)CC1.[I-]. The number of halogens is 1. The van der Waals surface area contributed by atoms with E-state index in [-0.39, 0.29) is 41.8 Å². The summed E-state index contributed by atoms with van der Waals surface area (Å²) in [6, 6.07) is 16.2. The summed E-state index contributed by atoms with van der Waals surface area (Å²) in [5.74, 6) is 1.38. The van der Waals surface area contributed by atoms with Crippen LogP contribution in [0.25, 0.3) is 0 Å². The first-order valence-electron chi connectivity index (χ1n) is 13.9. The molecule has 3 aliphatic rings. The van der Waals surface area contributed by atoms with E-state index in [1.165, 1.54) is 62.5 Å². The number of quaternary nitrogens is 1. The molecule has 0 aromatic heterocycles. The molecule has 0 atom stereocenters. The van der Waals surface area contributed by atoms with Crippen molar-refractivity contribution in [3.63, 3.8) is 0 Å². The Kier molecular flexibility index (Phi) is 9.51. The number of benzene rings is 2. The standard InChI is InChI=1S/C31H40N2O2.HI/c1-2-33(23-24-13-7-5-3-4-6-8-14-24)21-19-25(20-22-33)32-31(34)30-26-15-9-11-17-28(26)35-29-18-12-10-16-27(29)30;/h9-13,15-18,25,30H,2-8,14,19-23H2,1H3;1H/b24-13+;/t25-,33+;. The monoisotopic (exact) mass is 600 g/mol. The van der Waals surface area contributed by atoms with Crippen molar-refractivity contribution in [3.8, 4) is 11.5 Å². The third-order valence-electron chi connectivity index (χ3n) is 8.54. The lowest BCUT2D eigenvalue weighted by Gasteiger charge is -2.44. The number of rotatable bonds is 5. The minimum Gasteiger partial charge on any atom is -1.00 e. The molecule has 0 radical (unpaired) electrons. The van der Waals surface area contributed by atoms with E-state index in [0.717, 1.165) is 48.6 Å². The normalized spacial score (nSPS) is 25.8. The summed E-state index contributed by atoms with van der Waals surface area (Å²) in [7, 11) is 0. The predicted octanol–water partition coefficient (Wildman–Crippen LogP) is 3.71. The van der Waals surface area contributed by atoms with Crippen LogP contribution >= 0.6 is 0 Å². The van der Waals surface area contributed by atoms with Crippen LogP contribution in [0.3, 0.4) is 0 Å². The number of hydrogen-bond donors (Lipinski definition) is 1. The molecule has 4 nitrogen and oxygen atoms in total. The van der Waals surface area contributed by atoms with Gasteiger partial charge in [0.1, 0.15) is 18.0 Å². The summed E-state index contributed by atoms with van der Waals surface area (Å²) in [6.07, 6.45) is 14.1. The van der Waals surface area contributed by atoms with Gasteiger partial charge in [-0.1, -0.05) is 61.7 Å². The van der Waals surface area contributed by atoms with Crippen molar-refractivity contribution < 1.29 is 38.0 Å². The molecule has 1 saturated heterocycles. The first-order valence-corrected chi connectivity index (χ1v) is 13.9. The number of fused-ring (bicyclic) bond motifs is 2. The lowest BCUT2D eigenvalue weighted by atomic mass is 9.86. The number of ether oxygens (including phenoxy) is 1. The van der Waals surface area contributed by atoms with Gasteiger partial charge in [0.15, 0.2) is 0 Å². The number of carbonyl (C=O) groups is 1. The maximum Gasteiger partial charge on any atom is 0.232 e. The van der Waals surface area contributed by atoms with Crippen LogP contribution in [-0.4, -0.2) is 42.6 Å². The fourth-order valence-corrected chi connectivity index (χ4v) is 6.33. The fourth-order valence-electron chi connectivity index (χ4n) is 6.33. The van der Waals surface area contributed by atoms with Crippen LogP contribution in [0, 0.1) is 0 Å². The van der Waals surface area contributed by atoms with Crippen LogP contribution in [-0.2, 0) is 4.79 Å². The van der Waals surface area contributed by atoms with Crippen LogP contribution < -0.4 is 34.0 Å². The van der Waals surface area contributed by atoms with Crippen LogP contribution in [0.4, 0.5) is 0 Å². The smallest absolute Gasteiger partial charge is 0.232 e. The number of piperidine rings is 1. The highest BCUT2D eigenvalue weighted by Gasteiger charge is 2.37. The van der Waals surface area contributed by atoms with E-state index in [1.807, 2.05) is 48.5 Å². The summed E-state index contributed by atoms with van der Waals surface area (Å²) in [6.45, 7) is 7.04. The molecule has 0 unspecified atom stereocenters. The molecular formula is C31H41IN2O2. The quantitative estimate of drug-likeness (QED) is 0.323. The van der Waals surface area contributed by atoms with E-state index in [9.17, 15) is 4.79 Å². The summed E-state index contributed by atoms with van der Waals surface area (Å²) in [4.78, 5) is 13.7. The topological polar surface area (TPSA) is 38.3 Å². The van der Waals surface area contributed by atoms with Gasteiger partial charge >= 0.3 is 0 Å². The highest BCUT2D eigenvalue weighted by molar-refractivity contribution is 5.89. The van der Waals surface area contributed by atoms with Gasteiger partial charge < -0.3 is 38.5 Å². The second-order valence-electron chi connectivity index (χ2n) is 10.8. The van der Waals surface area contributed by atoms with E-state index in [0.29, 0.717) is 0 Å². The summed E-state index contributed by atoms with van der Waals surface area (Å²) < 4.78 is 7.28. The van der Waals surface area contributed by atoms with Gasteiger partial charge in [0.25, 0.3) is 0 Å². The van der Waals surface area contributed by atoms with E-state index >= 15 is 0 Å². The van der Waals surface area contributed by atoms with Crippen molar-refractivity contribution in [2.75, 3.05) is 26.2 Å². The lowest BCUT2D eigenvalue weighted by molar-refractivity contribution is -0.927. The molecule has 1 N–H and O–H groups in total. The fraction of sp³-hybridized carbons (Fsp3) is 0.516. The third-order valence-corrected chi connectivity index (χ3v) is 8.54. The van der Waals surface area contributed by atoms with Crippen LogP contribution in [0.15, 0.2) is 60.2 Å². The summed E-state index contributed by atoms with van der Waals surface area (Å²) >= 11 is 0. The lowest BCUT2D eigenvalue weighted by Crippen LogP contribution is -3.00. The van der Waals surface area contributed by atoms with E-state index < -0.39 is 0 Å². The van der Waals surface area contributed by atoms with Crippen molar-refractivity contribution in [3.05, 3.63) is 71.3 Å². The Morgan fingerprint density at radius 3 is 2.19 bits per heavy atom. The Balaban J connectivity index is 0.00000304. The van der Waals surface area contributed by atoms with Gasteiger partial charge in [-0.25, -0.2) is 0 Å². The zero-order valence-electron chi connectivity index (χ0n) is 21.7. The van der Waals surface area contributed by atoms with Gasteiger partial charge in [-0.05, 0) is 50.3 Å². The number of allylic oxidation sites excluding steroid dienone is 1. The van der Waals surface area contributed by atoms with Gasteiger partial charge in [-0.15, -0.1) is 0 Å². The second kappa shape index (κ2) is 12.6. The first-order chi connectivity index (χ1) is 17.2. The minimum atomic E-state index is -0.312. The van der Waals surface area contributed by atoms with Crippen LogP contribution in [0.2, 0.25) is 0 Å². The van der Waals surface area contributed by atoms with E-state index in [4.69, 9.17) is 4.74 Å². The Morgan fingerprint density at radius 1 is 0.917 bits per heavy atom. The number of carbonyl (C=O) groups excluding carboxylic acids is 1. The number of likely N-dealkylation sites (N-methyl/N-ethyl adjacent to an activating group) is 1. The molecule has 1 fully saturated rings. The zero-order chi connectivity index (χ0) is 24.1. The predicted molar refractivity (Wildman–Crippen MR) is 142 cm³/mol. The molecule has 2 aliphatic heterocycles. The molecular weight excluding hydrogens is 559 g/mol. The highest BCUT2D eigenvalue weighted by Crippen LogP contribution is 2.44. The van der Waals surface area contributed by atoms with Crippen molar-refractivity contribution >= 4 is 5.91 Å². The summed E-state index contributed by atoms with van der Waals surface area (Å²) in [5, 5.41) is 3.44. The highest BCUT2D eigenvalue weighted by atomic mass is 127. The first kappa shape index (κ1) is 27.2. The van der Waals surface area contributed by atoms with Crippen molar-refractivity contribution in [1.82, 2.24) is 5.32 Å². The molecule has 0 saturated carbocycles. The van der Waals surface area contributed by atoms with Crippen LogP contribution in [0.1, 0.15) is 81.8 Å². The molecule has 36 heavy (non-hydrogen) atoms. The maximum absolute atomic E-state index is 13.7. The maximum atomic E-state index is 13.7. The average molecular weight is 601 g/mol. The molecule has 194 valence electrons. The Bertz CT molecular complexity index is 1010. The Hall–Kier alpha value is -1.86.